The Kier molecular flexibility index (Phi) is 9.05. The Balaban J connectivity index is 0.000000213. The van der Waals surface area contributed by atoms with Crippen LogP contribution in [0, 0.1) is 0 Å². The van der Waals surface area contributed by atoms with Gasteiger partial charge in [0, 0.05) is 32.5 Å². The van der Waals surface area contributed by atoms with Crippen LogP contribution in [0.15, 0.2) is 84.9 Å². The Morgan fingerprint density at radius 1 is 0.452 bits per heavy atom. The zero-order chi connectivity index (χ0) is 21.7. The first kappa shape index (κ1) is 24.9. The zero-order valence-corrected chi connectivity index (χ0v) is 19.3. The summed E-state index contributed by atoms with van der Waals surface area (Å²) >= 11 is 23.8. The van der Waals surface area contributed by atoms with E-state index >= 15 is 0 Å². The van der Waals surface area contributed by atoms with Crippen LogP contribution in [0.4, 0.5) is 11.4 Å². The molecule has 160 valence electrons. The SMILES string of the molecule is Nc1ccc(-c2ccc(Cl)cc2)c(Cl)c1.Nc1ccc(-c2ccc(Cl)cc2)c(Cl)c1.O. The molecule has 0 bridgehead atoms. The maximum absolute atomic E-state index is 6.09. The second-order valence-electron chi connectivity index (χ2n) is 6.49. The van der Waals surface area contributed by atoms with Crippen molar-refractivity contribution in [3.05, 3.63) is 105 Å². The number of hydrogen-bond acceptors (Lipinski definition) is 2. The Morgan fingerprint density at radius 2 is 0.774 bits per heavy atom. The first-order chi connectivity index (χ1) is 14.3. The van der Waals surface area contributed by atoms with Gasteiger partial charge in [-0.1, -0.05) is 82.8 Å². The van der Waals surface area contributed by atoms with Crippen LogP contribution in [-0.2, 0) is 0 Å². The predicted octanol–water partition coefficient (Wildman–Crippen LogP) is 7.66. The second-order valence-corrected chi connectivity index (χ2v) is 8.18. The molecule has 0 spiro atoms. The molecule has 0 aliphatic carbocycles. The molecular formula is C24H20Cl4N2O. The van der Waals surface area contributed by atoms with Gasteiger partial charge in [-0.05, 0) is 59.7 Å². The average Bonchev–Trinajstić information content (AvgIpc) is 2.70. The lowest BCUT2D eigenvalue weighted by molar-refractivity contribution is 0.824. The maximum Gasteiger partial charge on any atom is 0.0504 e. The van der Waals surface area contributed by atoms with E-state index in [0.29, 0.717) is 31.5 Å². The van der Waals surface area contributed by atoms with E-state index < -0.39 is 0 Å². The molecule has 3 nitrogen and oxygen atoms in total. The monoisotopic (exact) mass is 492 g/mol. The number of nitrogens with two attached hydrogens (primary N) is 2. The van der Waals surface area contributed by atoms with Crippen LogP contribution in [0.5, 0.6) is 0 Å². The molecule has 31 heavy (non-hydrogen) atoms. The predicted molar refractivity (Wildman–Crippen MR) is 136 cm³/mol. The minimum absolute atomic E-state index is 0. The van der Waals surface area contributed by atoms with Gasteiger partial charge in [-0.25, -0.2) is 0 Å². The normalized spacial score (nSPS) is 9.94. The molecule has 0 saturated heterocycles. The molecule has 0 amide bonds. The topological polar surface area (TPSA) is 83.5 Å². The molecule has 4 aromatic rings. The van der Waals surface area contributed by atoms with E-state index in [1.165, 1.54) is 0 Å². The summed E-state index contributed by atoms with van der Waals surface area (Å²) in [6, 6.07) is 26.0. The first-order valence-electron chi connectivity index (χ1n) is 8.95. The van der Waals surface area contributed by atoms with E-state index in [0.717, 1.165) is 22.3 Å². The molecular weight excluding hydrogens is 474 g/mol. The minimum Gasteiger partial charge on any atom is -0.412 e. The molecule has 0 saturated carbocycles. The second kappa shape index (κ2) is 11.3. The Bertz CT molecular complexity index is 1050. The van der Waals surface area contributed by atoms with Crippen molar-refractivity contribution < 1.29 is 5.48 Å². The zero-order valence-electron chi connectivity index (χ0n) is 16.2. The summed E-state index contributed by atoms with van der Waals surface area (Å²) in [5.74, 6) is 0. The van der Waals surface area contributed by atoms with E-state index in [9.17, 15) is 0 Å². The third kappa shape index (κ3) is 6.79. The van der Waals surface area contributed by atoms with Crippen LogP contribution < -0.4 is 11.5 Å². The van der Waals surface area contributed by atoms with Crippen LogP contribution in [0.3, 0.4) is 0 Å². The average molecular weight is 494 g/mol. The molecule has 0 heterocycles. The van der Waals surface area contributed by atoms with Crippen molar-refractivity contribution in [2.75, 3.05) is 11.5 Å². The third-order valence-electron chi connectivity index (χ3n) is 4.30. The van der Waals surface area contributed by atoms with Gasteiger partial charge in [0.1, 0.15) is 0 Å². The van der Waals surface area contributed by atoms with E-state index in [2.05, 4.69) is 0 Å². The molecule has 6 N–H and O–H groups in total. The molecule has 4 rings (SSSR count). The molecule has 0 aliphatic heterocycles. The molecule has 0 aromatic heterocycles. The maximum atomic E-state index is 6.09. The van der Waals surface area contributed by atoms with Gasteiger partial charge < -0.3 is 16.9 Å². The van der Waals surface area contributed by atoms with E-state index in [1.54, 1.807) is 12.1 Å². The van der Waals surface area contributed by atoms with Gasteiger partial charge >= 0.3 is 0 Å². The summed E-state index contributed by atoms with van der Waals surface area (Å²) in [7, 11) is 0. The third-order valence-corrected chi connectivity index (χ3v) is 5.43. The van der Waals surface area contributed by atoms with Crippen LogP contribution >= 0.6 is 46.4 Å². The van der Waals surface area contributed by atoms with Crippen molar-refractivity contribution in [1.82, 2.24) is 0 Å². The molecule has 4 aromatic carbocycles. The lowest BCUT2D eigenvalue weighted by atomic mass is 10.1. The van der Waals surface area contributed by atoms with Crippen molar-refractivity contribution in [2.45, 2.75) is 0 Å². The summed E-state index contributed by atoms with van der Waals surface area (Å²) in [5.41, 5.74) is 16.6. The molecule has 0 atom stereocenters. The molecule has 0 unspecified atom stereocenters. The van der Waals surface area contributed by atoms with Crippen LogP contribution in [0.25, 0.3) is 22.3 Å². The van der Waals surface area contributed by atoms with Gasteiger partial charge in [-0.2, -0.15) is 0 Å². The van der Waals surface area contributed by atoms with Crippen LogP contribution in [-0.4, -0.2) is 5.48 Å². The van der Waals surface area contributed by atoms with Gasteiger partial charge in [0.15, 0.2) is 0 Å². The fraction of sp³-hybridized carbons (Fsp3) is 0. The number of benzene rings is 4. The quantitative estimate of drug-likeness (QED) is 0.281. The molecule has 0 aliphatic rings. The number of hydrogen-bond donors (Lipinski definition) is 2. The fourth-order valence-electron chi connectivity index (χ4n) is 2.79. The van der Waals surface area contributed by atoms with Gasteiger partial charge in [-0.15, -0.1) is 0 Å². The summed E-state index contributed by atoms with van der Waals surface area (Å²) in [4.78, 5) is 0. The van der Waals surface area contributed by atoms with Crippen molar-refractivity contribution in [3.8, 4) is 22.3 Å². The highest BCUT2D eigenvalue weighted by Gasteiger charge is 2.04. The smallest absolute Gasteiger partial charge is 0.0504 e. The van der Waals surface area contributed by atoms with Gasteiger partial charge in [0.25, 0.3) is 0 Å². The lowest BCUT2D eigenvalue weighted by Crippen LogP contribution is -1.85. The highest BCUT2D eigenvalue weighted by atomic mass is 35.5. The Hall–Kier alpha value is -2.40. The number of nitrogen functional groups attached to an aromatic ring is 2. The van der Waals surface area contributed by atoms with Gasteiger partial charge in [-0.3, -0.25) is 0 Å². The molecule has 7 heteroatoms. The summed E-state index contributed by atoms with van der Waals surface area (Å²) in [6.45, 7) is 0. The number of halogens is 4. The summed E-state index contributed by atoms with van der Waals surface area (Å²) < 4.78 is 0. The van der Waals surface area contributed by atoms with Gasteiger partial charge in [0.2, 0.25) is 0 Å². The number of anilines is 2. The Morgan fingerprint density at radius 3 is 1.06 bits per heavy atom. The highest BCUT2D eigenvalue weighted by Crippen LogP contribution is 2.31. The van der Waals surface area contributed by atoms with Gasteiger partial charge in [0.05, 0.1) is 10.0 Å². The highest BCUT2D eigenvalue weighted by molar-refractivity contribution is 6.34. The number of rotatable bonds is 2. The van der Waals surface area contributed by atoms with Crippen LogP contribution in [0.1, 0.15) is 0 Å². The minimum atomic E-state index is 0. The Labute approximate surface area is 201 Å². The lowest BCUT2D eigenvalue weighted by Gasteiger charge is -2.05. The molecule has 0 radical (unpaired) electrons. The van der Waals surface area contributed by atoms with Crippen molar-refractivity contribution in [3.63, 3.8) is 0 Å². The summed E-state index contributed by atoms with van der Waals surface area (Å²) in [5, 5.41) is 2.73. The standard InChI is InChI=1S/2C12H9Cl2N.H2O/c2*13-9-3-1-8(2-4-9)11-6-5-10(15)7-12(11)14;/h2*1-7H,15H2;1H2. The van der Waals surface area contributed by atoms with E-state index in [4.69, 9.17) is 57.9 Å². The van der Waals surface area contributed by atoms with Crippen molar-refractivity contribution in [2.24, 2.45) is 0 Å². The summed E-state index contributed by atoms with van der Waals surface area (Å²) in [6.07, 6.45) is 0. The largest absolute Gasteiger partial charge is 0.412 e. The van der Waals surface area contributed by atoms with Crippen molar-refractivity contribution in [1.29, 1.82) is 0 Å². The first-order valence-corrected chi connectivity index (χ1v) is 10.5. The molecule has 0 fully saturated rings. The van der Waals surface area contributed by atoms with E-state index in [1.807, 2.05) is 72.8 Å². The van der Waals surface area contributed by atoms with E-state index in [-0.39, 0.29) is 5.48 Å². The fourth-order valence-corrected chi connectivity index (χ4v) is 3.64. The van der Waals surface area contributed by atoms with Crippen LogP contribution in [0.2, 0.25) is 20.1 Å². The van der Waals surface area contributed by atoms with Crippen molar-refractivity contribution >= 4 is 57.8 Å².